The van der Waals surface area contributed by atoms with Crippen LogP contribution >= 0.6 is 11.6 Å². The summed E-state index contributed by atoms with van der Waals surface area (Å²) in [5.74, 6) is 0.921. The van der Waals surface area contributed by atoms with Crippen LogP contribution in [0.4, 0.5) is 0 Å². The highest BCUT2D eigenvalue weighted by atomic mass is 35.5. The summed E-state index contributed by atoms with van der Waals surface area (Å²) in [4.78, 5) is 11.8. The molecule has 0 aromatic carbocycles. The van der Waals surface area contributed by atoms with E-state index in [-0.39, 0.29) is 11.3 Å². The van der Waals surface area contributed by atoms with Gasteiger partial charge in [0.2, 0.25) is 5.91 Å². The number of rotatable bonds is 5. The molecule has 3 heteroatoms. The first-order valence-corrected chi connectivity index (χ1v) is 6.01. The Morgan fingerprint density at radius 3 is 2.07 bits per heavy atom. The highest BCUT2D eigenvalue weighted by Crippen LogP contribution is 2.25. The highest BCUT2D eigenvalue weighted by Gasteiger charge is 2.29. The van der Waals surface area contributed by atoms with Crippen molar-refractivity contribution >= 4 is 17.5 Å². The van der Waals surface area contributed by atoms with E-state index in [1.165, 1.54) is 0 Å². The Balaban J connectivity index is 4.24. The summed E-state index contributed by atoms with van der Waals surface area (Å²) in [7, 11) is 0. The van der Waals surface area contributed by atoms with Gasteiger partial charge in [-0.3, -0.25) is 4.79 Å². The fourth-order valence-corrected chi connectivity index (χ4v) is 0.934. The number of carbonyl (C=O) groups is 1. The van der Waals surface area contributed by atoms with Crippen LogP contribution in [0, 0.1) is 16.7 Å². The molecule has 0 unspecified atom stereocenters. The van der Waals surface area contributed by atoms with Crippen molar-refractivity contribution in [2.75, 3.05) is 12.4 Å². The Bertz CT molecular complexity index is 222. The average Bonchev–Trinajstić information content (AvgIpc) is 2.13. The second-order valence-corrected chi connectivity index (χ2v) is 6.11. The first kappa shape index (κ1) is 14.8. The molecule has 0 heterocycles. The molecule has 0 aliphatic rings. The number of halogens is 1. The lowest BCUT2D eigenvalue weighted by molar-refractivity contribution is -0.128. The van der Waals surface area contributed by atoms with E-state index >= 15 is 0 Å². The highest BCUT2D eigenvalue weighted by molar-refractivity contribution is 6.19. The number of carbonyl (C=O) groups excluding carboxylic acids is 1. The lowest BCUT2D eigenvalue weighted by atomic mass is 9.81. The molecule has 0 aromatic heterocycles. The molecule has 0 rings (SSSR count). The van der Waals surface area contributed by atoms with Crippen molar-refractivity contribution in [3.05, 3.63) is 0 Å². The molecular weight excluding hydrogens is 210 g/mol. The number of hydrogen-bond acceptors (Lipinski definition) is 1. The quantitative estimate of drug-likeness (QED) is 0.727. The third kappa shape index (κ3) is 4.42. The third-order valence-electron chi connectivity index (χ3n) is 3.22. The van der Waals surface area contributed by atoms with Gasteiger partial charge in [0, 0.05) is 12.4 Å². The van der Waals surface area contributed by atoms with Crippen LogP contribution in [-0.4, -0.2) is 18.3 Å². The summed E-state index contributed by atoms with van der Waals surface area (Å²) >= 11 is 5.74. The molecule has 0 spiro atoms. The van der Waals surface area contributed by atoms with Crippen LogP contribution in [0.1, 0.15) is 41.5 Å². The molecule has 0 radical (unpaired) electrons. The van der Waals surface area contributed by atoms with Gasteiger partial charge < -0.3 is 5.32 Å². The first-order valence-electron chi connectivity index (χ1n) is 5.48. The molecular formula is C12H24ClNO. The van der Waals surface area contributed by atoms with E-state index in [9.17, 15) is 4.79 Å². The van der Waals surface area contributed by atoms with Gasteiger partial charge in [0.1, 0.15) is 0 Å². The largest absolute Gasteiger partial charge is 0.355 e. The zero-order valence-electron chi connectivity index (χ0n) is 10.8. The van der Waals surface area contributed by atoms with Crippen molar-refractivity contribution in [2.45, 2.75) is 41.5 Å². The minimum atomic E-state index is -0.478. The number of nitrogens with one attached hydrogen (secondary N) is 1. The van der Waals surface area contributed by atoms with Crippen molar-refractivity contribution in [3.63, 3.8) is 0 Å². The van der Waals surface area contributed by atoms with E-state index in [0.29, 0.717) is 18.3 Å². The van der Waals surface area contributed by atoms with Gasteiger partial charge in [0.05, 0.1) is 5.41 Å². The topological polar surface area (TPSA) is 29.1 Å². The summed E-state index contributed by atoms with van der Waals surface area (Å²) in [6.45, 7) is 13.1. The standard InChI is InChI=1S/C12H24ClNO/c1-9(2)12(5,6)8-14-10(15)11(3,4)7-13/h9H,7-8H2,1-6H3,(H,14,15). The zero-order chi connectivity index (χ0) is 12.3. The van der Waals surface area contributed by atoms with Gasteiger partial charge >= 0.3 is 0 Å². The fourth-order valence-electron chi connectivity index (χ4n) is 0.812. The predicted molar refractivity (Wildman–Crippen MR) is 66.1 cm³/mol. The van der Waals surface area contributed by atoms with Gasteiger partial charge in [-0.25, -0.2) is 0 Å². The molecule has 2 nitrogen and oxygen atoms in total. The summed E-state index contributed by atoms with van der Waals surface area (Å²) in [5, 5.41) is 2.97. The molecule has 0 aliphatic heterocycles. The van der Waals surface area contributed by atoms with Crippen molar-refractivity contribution in [1.29, 1.82) is 0 Å². The lowest BCUT2D eigenvalue weighted by Crippen LogP contribution is -2.43. The lowest BCUT2D eigenvalue weighted by Gasteiger charge is -2.31. The Morgan fingerprint density at radius 2 is 1.73 bits per heavy atom. The Kier molecular flexibility index (Phi) is 5.12. The predicted octanol–water partition coefficient (Wildman–Crippen LogP) is 3.05. The minimum absolute atomic E-state index is 0.0335. The summed E-state index contributed by atoms with van der Waals surface area (Å²) in [5.41, 5.74) is -0.354. The zero-order valence-corrected chi connectivity index (χ0v) is 11.5. The van der Waals surface area contributed by atoms with E-state index < -0.39 is 5.41 Å². The number of alkyl halides is 1. The molecule has 0 bridgehead atoms. The maximum Gasteiger partial charge on any atom is 0.226 e. The van der Waals surface area contributed by atoms with Crippen molar-refractivity contribution in [1.82, 2.24) is 5.32 Å². The molecule has 1 amide bonds. The van der Waals surface area contributed by atoms with Gasteiger partial charge in [-0.1, -0.05) is 27.7 Å². The van der Waals surface area contributed by atoms with E-state index in [0.717, 1.165) is 0 Å². The van der Waals surface area contributed by atoms with Crippen LogP contribution in [-0.2, 0) is 4.79 Å². The van der Waals surface area contributed by atoms with Crippen LogP contribution in [0.25, 0.3) is 0 Å². The van der Waals surface area contributed by atoms with Crippen LogP contribution in [0.2, 0.25) is 0 Å². The molecule has 15 heavy (non-hydrogen) atoms. The van der Waals surface area contributed by atoms with Crippen molar-refractivity contribution in [2.24, 2.45) is 16.7 Å². The monoisotopic (exact) mass is 233 g/mol. The maximum atomic E-state index is 11.8. The minimum Gasteiger partial charge on any atom is -0.355 e. The maximum absolute atomic E-state index is 11.8. The molecule has 0 saturated heterocycles. The molecule has 0 aliphatic carbocycles. The van der Waals surface area contributed by atoms with Crippen molar-refractivity contribution in [3.8, 4) is 0 Å². The molecule has 90 valence electrons. The van der Waals surface area contributed by atoms with Gasteiger partial charge in [0.15, 0.2) is 0 Å². The molecule has 0 fully saturated rings. The van der Waals surface area contributed by atoms with Crippen LogP contribution in [0.5, 0.6) is 0 Å². The van der Waals surface area contributed by atoms with Crippen LogP contribution < -0.4 is 5.32 Å². The normalized spacial score (nSPS) is 13.1. The number of amides is 1. The van der Waals surface area contributed by atoms with E-state index in [1.807, 2.05) is 13.8 Å². The second kappa shape index (κ2) is 5.20. The van der Waals surface area contributed by atoms with E-state index in [4.69, 9.17) is 11.6 Å². The smallest absolute Gasteiger partial charge is 0.226 e. The fraction of sp³-hybridized carbons (Fsp3) is 0.917. The summed E-state index contributed by atoms with van der Waals surface area (Å²) in [6, 6.07) is 0. The Hall–Kier alpha value is -0.240. The Morgan fingerprint density at radius 1 is 1.27 bits per heavy atom. The van der Waals surface area contributed by atoms with Crippen LogP contribution in [0.15, 0.2) is 0 Å². The van der Waals surface area contributed by atoms with E-state index in [1.54, 1.807) is 0 Å². The first-order chi connectivity index (χ1) is 6.63. The van der Waals surface area contributed by atoms with Gasteiger partial charge in [-0.15, -0.1) is 11.6 Å². The van der Waals surface area contributed by atoms with Gasteiger partial charge in [-0.2, -0.15) is 0 Å². The molecule has 0 atom stereocenters. The summed E-state index contributed by atoms with van der Waals surface area (Å²) < 4.78 is 0. The van der Waals surface area contributed by atoms with E-state index in [2.05, 4.69) is 33.0 Å². The molecule has 0 aromatic rings. The molecule has 1 N–H and O–H groups in total. The van der Waals surface area contributed by atoms with Crippen LogP contribution in [0.3, 0.4) is 0 Å². The Labute approximate surface area is 98.8 Å². The second-order valence-electron chi connectivity index (χ2n) is 5.84. The van der Waals surface area contributed by atoms with Gasteiger partial charge in [-0.05, 0) is 25.2 Å². The average molecular weight is 234 g/mol. The summed E-state index contributed by atoms with van der Waals surface area (Å²) in [6.07, 6.45) is 0. The SMILES string of the molecule is CC(C)C(C)(C)CNC(=O)C(C)(C)CCl. The number of hydrogen-bond donors (Lipinski definition) is 1. The molecule has 0 saturated carbocycles. The third-order valence-corrected chi connectivity index (χ3v) is 3.88. The van der Waals surface area contributed by atoms with Gasteiger partial charge in [0.25, 0.3) is 0 Å². The van der Waals surface area contributed by atoms with Crippen molar-refractivity contribution < 1.29 is 4.79 Å².